The molecule has 3 heterocycles. The number of carbonyl (C=O) groups is 2. The van der Waals surface area contributed by atoms with Crippen LogP contribution < -0.4 is 0 Å². The minimum absolute atomic E-state index is 0.158. The van der Waals surface area contributed by atoms with Crippen LogP contribution in [0, 0.1) is 6.92 Å². The van der Waals surface area contributed by atoms with Crippen LogP contribution in [0.2, 0.25) is 0 Å². The number of carbonyl (C=O) groups excluding carboxylic acids is 2. The summed E-state index contributed by atoms with van der Waals surface area (Å²) in [5.41, 5.74) is 5.40. The lowest BCUT2D eigenvalue weighted by atomic mass is 9.97. The van der Waals surface area contributed by atoms with E-state index in [4.69, 9.17) is 5.10 Å². The molecule has 0 radical (unpaired) electrons. The van der Waals surface area contributed by atoms with Gasteiger partial charge in [-0.15, -0.1) is 0 Å². The summed E-state index contributed by atoms with van der Waals surface area (Å²) in [6, 6.07) is 28.3. The van der Waals surface area contributed by atoms with Crippen LogP contribution in [0.4, 0.5) is 0 Å². The number of ketones is 1. The highest BCUT2D eigenvalue weighted by atomic mass is 16.2. The molecule has 6 rings (SSSR count). The Morgan fingerprint density at radius 2 is 1.42 bits per heavy atom. The molecule has 176 valence electrons. The van der Waals surface area contributed by atoms with Gasteiger partial charge in [0.15, 0.2) is 5.78 Å². The van der Waals surface area contributed by atoms with Crippen LogP contribution in [0.1, 0.15) is 43.1 Å². The van der Waals surface area contributed by atoms with Crippen LogP contribution in [0.15, 0.2) is 103 Å². The first kappa shape index (κ1) is 21.8. The van der Waals surface area contributed by atoms with E-state index in [2.05, 4.69) is 31.2 Å². The third kappa shape index (κ3) is 3.73. The van der Waals surface area contributed by atoms with E-state index in [0.29, 0.717) is 29.8 Å². The Bertz CT molecular complexity index is 1570. The van der Waals surface area contributed by atoms with Gasteiger partial charge < -0.3 is 9.47 Å². The van der Waals surface area contributed by atoms with Crippen molar-refractivity contribution in [3.05, 3.63) is 137 Å². The van der Waals surface area contributed by atoms with E-state index in [-0.39, 0.29) is 11.7 Å². The molecule has 36 heavy (non-hydrogen) atoms. The summed E-state index contributed by atoms with van der Waals surface area (Å²) >= 11 is 0. The molecule has 0 saturated carbocycles. The van der Waals surface area contributed by atoms with E-state index < -0.39 is 0 Å². The largest absolute Gasteiger partial charge is 0.328 e. The Morgan fingerprint density at radius 1 is 0.750 bits per heavy atom. The number of fused-ring (bicyclic) bond motifs is 1. The van der Waals surface area contributed by atoms with Crippen LogP contribution in [-0.4, -0.2) is 30.9 Å². The zero-order valence-corrected chi connectivity index (χ0v) is 19.8. The molecule has 3 aromatic carbocycles. The molecule has 0 N–H and O–H groups in total. The summed E-state index contributed by atoms with van der Waals surface area (Å²) in [4.78, 5) is 28.7. The zero-order valence-electron chi connectivity index (χ0n) is 19.8. The van der Waals surface area contributed by atoms with Gasteiger partial charge in [-0.3, -0.25) is 9.59 Å². The number of rotatable bonds is 5. The number of aryl methyl sites for hydroxylation is 1. The molecule has 0 saturated heterocycles. The Kier molecular flexibility index (Phi) is 5.34. The van der Waals surface area contributed by atoms with E-state index in [1.807, 2.05) is 52.0 Å². The SMILES string of the molecule is Cc1ccc(-n2nc3c(c2-n2cccc2)CN(C(=O)c2ccccc2C(=O)c2ccccc2)C3)cc1. The fourth-order valence-electron chi connectivity index (χ4n) is 4.74. The van der Waals surface area contributed by atoms with Crippen molar-refractivity contribution in [2.45, 2.75) is 20.0 Å². The summed E-state index contributed by atoms with van der Waals surface area (Å²) in [6.45, 7) is 2.86. The number of nitrogens with zero attached hydrogens (tertiary/aromatic N) is 4. The molecule has 1 aliphatic rings. The molecule has 0 fully saturated rings. The zero-order chi connectivity index (χ0) is 24.6. The van der Waals surface area contributed by atoms with Crippen molar-refractivity contribution in [2.75, 3.05) is 0 Å². The maximum absolute atomic E-state index is 13.7. The van der Waals surface area contributed by atoms with Gasteiger partial charge >= 0.3 is 0 Å². The monoisotopic (exact) mass is 472 g/mol. The minimum Gasteiger partial charge on any atom is -0.328 e. The molecule has 6 nitrogen and oxygen atoms in total. The van der Waals surface area contributed by atoms with E-state index in [0.717, 1.165) is 22.8 Å². The molecule has 5 aromatic rings. The van der Waals surface area contributed by atoms with E-state index in [9.17, 15) is 9.59 Å². The van der Waals surface area contributed by atoms with Crippen molar-refractivity contribution in [1.82, 2.24) is 19.2 Å². The van der Waals surface area contributed by atoms with Gasteiger partial charge in [-0.2, -0.15) is 5.10 Å². The van der Waals surface area contributed by atoms with Crippen molar-refractivity contribution in [1.29, 1.82) is 0 Å². The quantitative estimate of drug-likeness (QED) is 0.324. The Morgan fingerprint density at radius 3 is 2.14 bits per heavy atom. The fraction of sp³-hybridized carbons (Fsp3) is 0.100. The van der Waals surface area contributed by atoms with Crippen molar-refractivity contribution in [2.24, 2.45) is 0 Å². The van der Waals surface area contributed by atoms with Crippen LogP contribution in [0.5, 0.6) is 0 Å². The van der Waals surface area contributed by atoms with Crippen LogP contribution >= 0.6 is 0 Å². The van der Waals surface area contributed by atoms with Gasteiger partial charge in [-0.05, 0) is 37.3 Å². The molecule has 0 spiro atoms. The summed E-state index contributed by atoms with van der Waals surface area (Å²) in [6.07, 6.45) is 3.97. The molecule has 1 amide bonds. The van der Waals surface area contributed by atoms with Crippen molar-refractivity contribution >= 4 is 11.7 Å². The standard InChI is InChI=1S/C30H24N4O2/c1-21-13-15-23(16-14-21)34-29(32-17-7-8-18-32)26-19-33(20-27(26)31-34)30(36)25-12-6-5-11-24(25)28(35)22-9-3-2-4-10-22/h2-18H,19-20H2,1H3. The molecular formula is C30H24N4O2. The predicted molar refractivity (Wildman–Crippen MR) is 138 cm³/mol. The summed E-state index contributed by atoms with van der Waals surface area (Å²) in [5.74, 6) is 0.588. The number of aromatic nitrogens is 3. The first-order valence-corrected chi connectivity index (χ1v) is 11.9. The van der Waals surface area contributed by atoms with Gasteiger partial charge in [0, 0.05) is 29.1 Å². The molecule has 6 heteroatoms. The first-order chi connectivity index (χ1) is 17.6. The van der Waals surface area contributed by atoms with Gasteiger partial charge in [0.2, 0.25) is 0 Å². The van der Waals surface area contributed by atoms with Crippen molar-refractivity contribution in [3.8, 4) is 11.5 Å². The van der Waals surface area contributed by atoms with E-state index in [1.54, 1.807) is 41.3 Å². The van der Waals surface area contributed by atoms with Crippen molar-refractivity contribution in [3.63, 3.8) is 0 Å². The highest BCUT2D eigenvalue weighted by Crippen LogP contribution is 2.32. The third-order valence-electron chi connectivity index (χ3n) is 6.58. The average molecular weight is 473 g/mol. The summed E-state index contributed by atoms with van der Waals surface area (Å²) in [5, 5.41) is 4.91. The van der Waals surface area contributed by atoms with Crippen LogP contribution in [0.25, 0.3) is 11.5 Å². The minimum atomic E-state index is -0.173. The smallest absolute Gasteiger partial charge is 0.255 e. The Balaban J connectivity index is 1.35. The Hall–Kier alpha value is -4.71. The maximum atomic E-state index is 13.7. The van der Waals surface area contributed by atoms with E-state index >= 15 is 0 Å². The van der Waals surface area contributed by atoms with Crippen molar-refractivity contribution < 1.29 is 9.59 Å². The van der Waals surface area contributed by atoms with Crippen LogP contribution in [0.3, 0.4) is 0 Å². The second-order valence-electron chi connectivity index (χ2n) is 8.99. The molecule has 0 bridgehead atoms. The van der Waals surface area contributed by atoms with Gasteiger partial charge in [-0.25, -0.2) is 4.68 Å². The number of amides is 1. The third-order valence-corrected chi connectivity index (χ3v) is 6.58. The Labute approximate surface area is 209 Å². The van der Waals surface area contributed by atoms with Crippen LogP contribution in [-0.2, 0) is 13.1 Å². The van der Waals surface area contributed by atoms with Gasteiger partial charge in [0.25, 0.3) is 5.91 Å². The lowest BCUT2D eigenvalue weighted by Crippen LogP contribution is -2.28. The maximum Gasteiger partial charge on any atom is 0.255 e. The summed E-state index contributed by atoms with van der Waals surface area (Å²) in [7, 11) is 0. The first-order valence-electron chi connectivity index (χ1n) is 11.9. The fourth-order valence-corrected chi connectivity index (χ4v) is 4.74. The van der Waals surface area contributed by atoms with Gasteiger partial charge in [0.1, 0.15) is 5.82 Å². The highest BCUT2D eigenvalue weighted by Gasteiger charge is 2.33. The predicted octanol–water partition coefficient (Wildman–Crippen LogP) is 5.36. The van der Waals surface area contributed by atoms with Gasteiger partial charge in [0.05, 0.1) is 30.0 Å². The highest BCUT2D eigenvalue weighted by molar-refractivity contribution is 6.15. The lowest BCUT2D eigenvalue weighted by molar-refractivity contribution is 0.0745. The average Bonchev–Trinajstić information content (AvgIpc) is 3.65. The number of hydrogen-bond donors (Lipinski definition) is 0. The second kappa shape index (κ2) is 8.82. The van der Waals surface area contributed by atoms with E-state index in [1.165, 1.54) is 5.56 Å². The number of benzene rings is 3. The van der Waals surface area contributed by atoms with Gasteiger partial charge in [-0.1, -0.05) is 66.2 Å². The molecule has 2 aromatic heterocycles. The second-order valence-corrected chi connectivity index (χ2v) is 8.99. The lowest BCUT2D eigenvalue weighted by Gasteiger charge is -2.19. The molecule has 0 unspecified atom stereocenters. The molecular weight excluding hydrogens is 448 g/mol. The normalized spacial score (nSPS) is 12.5. The molecule has 0 aliphatic carbocycles. The topological polar surface area (TPSA) is 60.1 Å². The molecule has 1 aliphatic heterocycles. The molecule has 0 atom stereocenters. The summed E-state index contributed by atoms with van der Waals surface area (Å²) < 4.78 is 3.98. The number of hydrogen-bond acceptors (Lipinski definition) is 3.